The van der Waals surface area contributed by atoms with Gasteiger partial charge in [-0.25, -0.2) is 4.98 Å². The first kappa shape index (κ1) is 12.9. The lowest BCUT2D eigenvalue weighted by Crippen LogP contribution is -2.03. The Labute approximate surface area is 128 Å². The highest BCUT2D eigenvalue weighted by molar-refractivity contribution is 14.1. The molecule has 4 nitrogen and oxygen atoms in total. The summed E-state index contributed by atoms with van der Waals surface area (Å²) in [5.41, 5.74) is 2.89. The Kier molecular flexibility index (Phi) is 3.49. The molecule has 0 radical (unpaired) electrons. The summed E-state index contributed by atoms with van der Waals surface area (Å²) in [7, 11) is 0. The van der Waals surface area contributed by atoms with E-state index in [1.54, 1.807) is 0 Å². The van der Waals surface area contributed by atoms with Crippen LogP contribution in [-0.2, 0) is 12.4 Å². The zero-order valence-electron chi connectivity index (χ0n) is 10.2. The van der Waals surface area contributed by atoms with Gasteiger partial charge in [0, 0.05) is 9.64 Å². The van der Waals surface area contributed by atoms with Crippen molar-refractivity contribution in [1.82, 2.24) is 14.7 Å². The van der Waals surface area contributed by atoms with Crippen LogP contribution in [0, 0.1) is 10.5 Å². The molecule has 0 atom stereocenters. The predicted molar refractivity (Wildman–Crippen MR) is 82.3 cm³/mol. The minimum absolute atomic E-state index is 0.373. The van der Waals surface area contributed by atoms with Gasteiger partial charge in [-0.2, -0.15) is 0 Å². The molecule has 0 unspecified atom stereocenters. The molecule has 0 saturated heterocycles. The maximum absolute atomic E-state index is 5.98. The van der Waals surface area contributed by atoms with E-state index in [1.165, 1.54) is 0 Å². The smallest absolute Gasteiger partial charge is 0.156 e. The largest absolute Gasteiger partial charge is 0.359 e. The van der Waals surface area contributed by atoms with Gasteiger partial charge in [0.15, 0.2) is 5.76 Å². The number of halogens is 2. The molecule has 2 heterocycles. The molecule has 2 aromatic heterocycles. The SMILES string of the molecule is Cc1cc(Cn2c(CCl)nc3cc(I)ccc32)on1. The van der Waals surface area contributed by atoms with Crippen molar-refractivity contribution >= 4 is 45.2 Å². The van der Waals surface area contributed by atoms with Gasteiger partial charge in [0.2, 0.25) is 0 Å². The van der Waals surface area contributed by atoms with Crippen molar-refractivity contribution in [3.8, 4) is 0 Å². The highest BCUT2D eigenvalue weighted by Crippen LogP contribution is 2.21. The van der Waals surface area contributed by atoms with Gasteiger partial charge in [-0.15, -0.1) is 11.6 Å². The van der Waals surface area contributed by atoms with E-state index in [0.717, 1.165) is 31.9 Å². The second kappa shape index (κ2) is 5.13. The Balaban J connectivity index is 2.10. The Morgan fingerprint density at radius 2 is 2.21 bits per heavy atom. The molecule has 3 rings (SSSR count). The topological polar surface area (TPSA) is 43.9 Å². The number of aryl methyl sites for hydroxylation is 1. The Morgan fingerprint density at radius 1 is 1.37 bits per heavy atom. The highest BCUT2D eigenvalue weighted by Gasteiger charge is 2.12. The fraction of sp³-hybridized carbons (Fsp3) is 0.231. The molecule has 19 heavy (non-hydrogen) atoms. The number of rotatable bonds is 3. The molecule has 98 valence electrons. The zero-order chi connectivity index (χ0) is 13.4. The second-order valence-electron chi connectivity index (χ2n) is 4.32. The quantitative estimate of drug-likeness (QED) is 0.508. The van der Waals surface area contributed by atoms with Crippen LogP contribution in [-0.4, -0.2) is 14.7 Å². The normalized spacial score (nSPS) is 11.3. The average molecular weight is 388 g/mol. The third-order valence-electron chi connectivity index (χ3n) is 2.90. The molecule has 0 amide bonds. The highest BCUT2D eigenvalue weighted by atomic mass is 127. The second-order valence-corrected chi connectivity index (χ2v) is 5.83. The van der Waals surface area contributed by atoms with Gasteiger partial charge in [-0.3, -0.25) is 0 Å². The standard InChI is InChI=1S/C13H11ClIN3O/c1-8-4-10(19-17-8)7-18-12-3-2-9(15)5-11(12)16-13(18)6-14/h2-5H,6-7H2,1H3. The first-order valence-electron chi connectivity index (χ1n) is 5.80. The average Bonchev–Trinajstić information content (AvgIpc) is 2.94. The van der Waals surface area contributed by atoms with Crippen LogP contribution in [0.3, 0.4) is 0 Å². The molecule has 0 spiro atoms. The summed E-state index contributed by atoms with van der Waals surface area (Å²) in [5.74, 6) is 2.02. The maximum atomic E-state index is 5.98. The van der Waals surface area contributed by atoms with Gasteiger partial charge in [0.05, 0.1) is 29.2 Å². The Bertz CT molecular complexity index is 735. The molecule has 0 bridgehead atoms. The Hall–Kier alpha value is -1.08. The molecular weight excluding hydrogens is 377 g/mol. The first-order valence-corrected chi connectivity index (χ1v) is 7.41. The van der Waals surface area contributed by atoms with Gasteiger partial charge in [-0.1, -0.05) is 5.16 Å². The molecule has 0 saturated carbocycles. The molecular formula is C13H11ClIN3O. The summed E-state index contributed by atoms with van der Waals surface area (Å²) in [6, 6.07) is 8.10. The third-order valence-corrected chi connectivity index (χ3v) is 3.81. The number of hydrogen-bond acceptors (Lipinski definition) is 3. The number of aromatic nitrogens is 3. The van der Waals surface area contributed by atoms with Gasteiger partial charge in [-0.05, 0) is 47.7 Å². The minimum atomic E-state index is 0.373. The lowest BCUT2D eigenvalue weighted by Gasteiger charge is -2.04. The number of benzene rings is 1. The molecule has 3 aromatic rings. The Morgan fingerprint density at radius 3 is 2.89 bits per heavy atom. The molecule has 0 aliphatic carbocycles. The number of nitrogens with zero attached hydrogens (tertiary/aromatic N) is 3. The van der Waals surface area contributed by atoms with Crippen LogP contribution in [0.25, 0.3) is 11.0 Å². The predicted octanol–water partition coefficient (Wildman–Crippen LogP) is 3.72. The fourth-order valence-electron chi connectivity index (χ4n) is 2.08. The van der Waals surface area contributed by atoms with Crippen LogP contribution in [0.2, 0.25) is 0 Å². The van der Waals surface area contributed by atoms with Crippen LogP contribution in [0.5, 0.6) is 0 Å². The van der Waals surface area contributed by atoms with E-state index in [4.69, 9.17) is 16.1 Å². The van der Waals surface area contributed by atoms with Crippen molar-refractivity contribution in [2.75, 3.05) is 0 Å². The fourth-order valence-corrected chi connectivity index (χ4v) is 2.76. The number of hydrogen-bond donors (Lipinski definition) is 0. The molecule has 0 N–H and O–H groups in total. The van der Waals surface area contributed by atoms with Crippen molar-refractivity contribution < 1.29 is 4.52 Å². The summed E-state index contributed by atoms with van der Waals surface area (Å²) < 4.78 is 8.49. The molecule has 6 heteroatoms. The van der Waals surface area contributed by atoms with Gasteiger partial charge in [0.1, 0.15) is 5.82 Å². The van der Waals surface area contributed by atoms with Crippen molar-refractivity contribution in [1.29, 1.82) is 0 Å². The van der Waals surface area contributed by atoms with Crippen LogP contribution in [0.15, 0.2) is 28.8 Å². The summed E-state index contributed by atoms with van der Waals surface area (Å²) in [5, 5.41) is 3.90. The van der Waals surface area contributed by atoms with E-state index in [0.29, 0.717) is 12.4 Å². The van der Waals surface area contributed by atoms with Crippen molar-refractivity contribution in [2.24, 2.45) is 0 Å². The monoisotopic (exact) mass is 387 g/mol. The van der Waals surface area contributed by atoms with Crippen molar-refractivity contribution in [3.63, 3.8) is 0 Å². The van der Waals surface area contributed by atoms with E-state index in [-0.39, 0.29) is 0 Å². The van der Waals surface area contributed by atoms with Crippen LogP contribution in [0.1, 0.15) is 17.3 Å². The van der Waals surface area contributed by atoms with E-state index in [1.807, 2.05) is 19.1 Å². The number of fused-ring (bicyclic) bond motifs is 1. The van der Waals surface area contributed by atoms with Gasteiger partial charge in [0.25, 0.3) is 0 Å². The van der Waals surface area contributed by atoms with Crippen LogP contribution < -0.4 is 0 Å². The lowest BCUT2D eigenvalue weighted by atomic mass is 10.3. The van der Waals surface area contributed by atoms with E-state index in [2.05, 4.69) is 49.4 Å². The van der Waals surface area contributed by atoms with Crippen LogP contribution in [0.4, 0.5) is 0 Å². The van der Waals surface area contributed by atoms with Crippen LogP contribution >= 0.6 is 34.2 Å². The van der Waals surface area contributed by atoms with Crippen molar-refractivity contribution in [2.45, 2.75) is 19.3 Å². The van der Waals surface area contributed by atoms with E-state index >= 15 is 0 Å². The van der Waals surface area contributed by atoms with Gasteiger partial charge < -0.3 is 9.09 Å². The summed E-state index contributed by atoms with van der Waals surface area (Å²) in [6.07, 6.45) is 0. The molecule has 1 aromatic carbocycles. The van der Waals surface area contributed by atoms with E-state index in [9.17, 15) is 0 Å². The summed E-state index contributed by atoms with van der Waals surface area (Å²) >= 11 is 8.26. The molecule has 0 aliphatic rings. The maximum Gasteiger partial charge on any atom is 0.156 e. The molecule has 0 aliphatic heterocycles. The summed E-state index contributed by atoms with van der Waals surface area (Å²) in [6.45, 7) is 2.50. The number of alkyl halides is 1. The molecule has 0 fully saturated rings. The van der Waals surface area contributed by atoms with E-state index < -0.39 is 0 Å². The van der Waals surface area contributed by atoms with Gasteiger partial charge >= 0.3 is 0 Å². The summed E-state index contributed by atoms with van der Waals surface area (Å²) in [4.78, 5) is 4.56. The zero-order valence-corrected chi connectivity index (χ0v) is 13.1. The lowest BCUT2D eigenvalue weighted by molar-refractivity contribution is 0.373. The minimum Gasteiger partial charge on any atom is -0.359 e. The number of imidazole rings is 1. The van der Waals surface area contributed by atoms with Crippen molar-refractivity contribution in [3.05, 3.63) is 45.1 Å². The third kappa shape index (κ3) is 2.49. The first-order chi connectivity index (χ1) is 9.17.